The molecule has 1 fully saturated rings. The van der Waals surface area contributed by atoms with E-state index in [9.17, 15) is 9.18 Å². The van der Waals surface area contributed by atoms with E-state index in [2.05, 4.69) is 20.4 Å². The Labute approximate surface area is 173 Å². The predicted molar refractivity (Wildman–Crippen MR) is 107 cm³/mol. The third-order valence-electron chi connectivity index (χ3n) is 4.90. The van der Waals surface area contributed by atoms with Crippen molar-refractivity contribution < 1.29 is 18.7 Å². The lowest BCUT2D eigenvalue weighted by Gasteiger charge is -2.23. The summed E-state index contributed by atoms with van der Waals surface area (Å²) >= 11 is 0. The molecule has 0 aliphatic carbocycles. The molecule has 1 saturated heterocycles. The van der Waals surface area contributed by atoms with Crippen LogP contribution in [0.15, 0.2) is 36.7 Å². The van der Waals surface area contributed by atoms with Gasteiger partial charge in [0.25, 0.3) is 11.9 Å². The molecule has 0 spiro atoms. The highest BCUT2D eigenvalue weighted by Crippen LogP contribution is 2.22. The molecule has 1 aromatic carbocycles. The van der Waals surface area contributed by atoms with Crippen LogP contribution in [0.5, 0.6) is 0 Å². The van der Waals surface area contributed by atoms with Crippen LogP contribution in [0.1, 0.15) is 21.6 Å². The van der Waals surface area contributed by atoms with Crippen molar-refractivity contribution in [2.45, 2.75) is 20.0 Å². The van der Waals surface area contributed by atoms with E-state index in [1.165, 1.54) is 23.0 Å². The first kappa shape index (κ1) is 20.1. The Morgan fingerprint density at radius 2 is 2.03 bits per heavy atom. The normalized spacial score (nSPS) is 16.4. The summed E-state index contributed by atoms with van der Waals surface area (Å²) in [4.78, 5) is 21.5. The Bertz CT molecular complexity index is 1050. The molecule has 0 radical (unpaired) electrons. The predicted octanol–water partition coefficient (Wildman–Crippen LogP) is 2.23. The molecule has 0 saturated carbocycles. The monoisotopic (exact) mass is 411 g/mol. The van der Waals surface area contributed by atoms with Crippen molar-refractivity contribution in [2.24, 2.45) is 0 Å². The summed E-state index contributed by atoms with van der Waals surface area (Å²) < 4.78 is 25.7. The van der Waals surface area contributed by atoms with Gasteiger partial charge in [-0.2, -0.15) is 5.10 Å². The van der Waals surface area contributed by atoms with Crippen LogP contribution in [0.3, 0.4) is 0 Å². The number of carbonyl (C=O) groups is 1. The number of aromatic nitrogens is 4. The van der Waals surface area contributed by atoms with Crippen LogP contribution in [0.4, 0.5) is 4.39 Å². The van der Waals surface area contributed by atoms with Gasteiger partial charge in [-0.05, 0) is 43.7 Å². The topological polar surface area (TPSA) is 91.2 Å². The summed E-state index contributed by atoms with van der Waals surface area (Å²) in [6, 6.07) is 6.11. The van der Waals surface area contributed by atoms with E-state index in [1.54, 1.807) is 25.3 Å². The van der Waals surface area contributed by atoms with Crippen molar-refractivity contribution in [3.63, 3.8) is 0 Å². The smallest absolute Gasteiger partial charge is 0.254 e. The van der Waals surface area contributed by atoms with Gasteiger partial charge in [0.05, 0.1) is 49.1 Å². The molecule has 0 bridgehead atoms. The van der Waals surface area contributed by atoms with Crippen molar-refractivity contribution in [1.82, 2.24) is 25.1 Å². The maximum Gasteiger partial charge on any atom is 0.254 e. The number of nitrogens with one attached hydrogen (secondary N) is 1. The van der Waals surface area contributed by atoms with E-state index < -0.39 is 0 Å². The molecule has 1 N–H and O–H groups in total. The van der Waals surface area contributed by atoms with E-state index in [0.29, 0.717) is 49.3 Å². The van der Waals surface area contributed by atoms with Gasteiger partial charge in [-0.15, -0.1) is 0 Å². The fourth-order valence-electron chi connectivity index (χ4n) is 3.23. The SMILES string of the molecule is Cc1cnc(-n2ncc(C(=O)NC[C@H]3COCCO3)c2C)nc1-c1ccc(F)cc1. The summed E-state index contributed by atoms with van der Waals surface area (Å²) in [5.41, 5.74) is 3.34. The first-order chi connectivity index (χ1) is 14.5. The molecule has 3 heterocycles. The summed E-state index contributed by atoms with van der Waals surface area (Å²) in [6.45, 7) is 5.59. The number of nitrogens with zero attached hydrogens (tertiary/aromatic N) is 4. The third kappa shape index (κ3) is 4.22. The van der Waals surface area contributed by atoms with Crippen molar-refractivity contribution in [1.29, 1.82) is 0 Å². The Kier molecular flexibility index (Phi) is 5.82. The van der Waals surface area contributed by atoms with E-state index in [0.717, 1.165) is 11.1 Å². The second-order valence-corrected chi connectivity index (χ2v) is 7.04. The molecule has 30 heavy (non-hydrogen) atoms. The molecule has 156 valence electrons. The highest BCUT2D eigenvalue weighted by molar-refractivity contribution is 5.95. The molecule has 1 aliphatic heterocycles. The third-order valence-corrected chi connectivity index (χ3v) is 4.90. The minimum Gasteiger partial charge on any atom is -0.376 e. The second kappa shape index (κ2) is 8.68. The number of aryl methyl sites for hydroxylation is 1. The van der Waals surface area contributed by atoms with Crippen molar-refractivity contribution in [3.8, 4) is 17.2 Å². The minimum absolute atomic E-state index is 0.156. The van der Waals surface area contributed by atoms with Gasteiger partial charge >= 0.3 is 0 Å². The van der Waals surface area contributed by atoms with E-state index in [-0.39, 0.29) is 17.8 Å². The van der Waals surface area contributed by atoms with Gasteiger partial charge in [0.2, 0.25) is 0 Å². The van der Waals surface area contributed by atoms with Crippen LogP contribution in [-0.2, 0) is 9.47 Å². The van der Waals surface area contributed by atoms with E-state index in [4.69, 9.17) is 9.47 Å². The maximum absolute atomic E-state index is 13.3. The van der Waals surface area contributed by atoms with E-state index >= 15 is 0 Å². The quantitative estimate of drug-likeness (QED) is 0.692. The van der Waals surface area contributed by atoms with Gasteiger partial charge in [-0.25, -0.2) is 19.0 Å². The van der Waals surface area contributed by atoms with Crippen molar-refractivity contribution in [3.05, 3.63) is 59.3 Å². The number of amides is 1. The van der Waals surface area contributed by atoms with Crippen molar-refractivity contribution >= 4 is 5.91 Å². The van der Waals surface area contributed by atoms with E-state index in [1.807, 2.05) is 6.92 Å². The minimum atomic E-state index is -0.311. The molecule has 1 atom stereocenters. The van der Waals surface area contributed by atoms with Crippen LogP contribution in [-0.4, -0.2) is 58.1 Å². The molecule has 0 unspecified atom stereocenters. The molecule has 4 rings (SSSR count). The van der Waals surface area contributed by atoms with Gasteiger partial charge in [-0.3, -0.25) is 4.79 Å². The highest BCUT2D eigenvalue weighted by atomic mass is 19.1. The summed E-state index contributed by atoms with van der Waals surface area (Å²) in [6.07, 6.45) is 3.02. The Balaban J connectivity index is 1.55. The number of rotatable bonds is 5. The average Bonchev–Trinajstić information content (AvgIpc) is 3.15. The van der Waals surface area contributed by atoms with Gasteiger partial charge in [0, 0.05) is 18.3 Å². The van der Waals surface area contributed by atoms with Crippen LogP contribution in [0.2, 0.25) is 0 Å². The maximum atomic E-state index is 13.3. The molecule has 1 aliphatic rings. The van der Waals surface area contributed by atoms with Crippen LogP contribution < -0.4 is 5.32 Å². The number of hydrogen-bond acceptors (Lipinski definition) is 6. The molecular weight excluding hydrogens is 389 g/mol. The van der Waals surface area contributed by atoms with Crippen LogP contribution in [0.25, 0.3) is 17.2 Å². The number of carbonyl (C=O) groups excluding carboxylic acids is 1. The van der Waals surface area contributed by atoms with Gasteiger partial charge < -0.3 is 14.8 Å². The fourth-order valence-corrected chi connectivity index (χ4v) is 3.23. The Morgan fingerprint density at radius 1 is 1.23 bits per heavy atom. The summed E-state index contributed by atoms with van der Waals surface area (Å²) in [7, 11) is 0. The lowest BCUT2D eigenvalue weighted by atomic mass is 10.1. The first-order valence-corrected chi connectivity index (χ1v) is 9.65. The average molecular weight is 411 g/mol. The zero-order chi connectivity index (χ0) is 21.1. The van der Waals surface area contributed by atoms with Crippen molar-refractivity contribution in [2.75, 3.05) is 26.4 Å². The Morgan fingerprint density at radius 3 is 2.77 bits per heavy atom. The van der Waals surface area contributed by atoms with Gasteiger partial charge in [0.15, 0.2) is 0 Å². The summed E-state index contributed by atoms with van der Waals surface area (Å²) in [5, 5.41) is 7.15. The molecule has 1 amide bonds. The second-order valence-electron chi connectivity index (χ2n) is 7.04. The molecule has 2 aromatic heterocycles. The number of halogens is 1. The van der Waals surface area contributed by atoms with Crippen LogP contribution >= 0.6 is 0 Å². The summed E-state index contributed by atoms with van der Waals surface area (Å²) in [5.74, 6) is -0.228. The standard InChI is InChI=1S/C21H22FN5O3/c1-13-9-24-21(26-19(13)15-3-5-16(22)6-4-15)27-14(2)18(11-25-27)20(28)23-10-17-12-29-7-8-30-17/h3-6,9,11,17H,7-8,10,12H2,1-2H3,(H,23,28)/t17-/m0/s1. The number of benzene rings is 1. The first-order valence-electron chi connectivity index (χ1n) is 9.65. The zero-order valence-electron chi connectivity index (χ0n) is 16.8. The largest absolute Gasteiger partial charge is 0.376 e. The van der Waals surface area contributed by atoms with Crippen LogP contribution in [0, 0.1) is 19.7 Å². The number of ether oxygens (including phenoxy) is 2. The molecular formula is C21H22FN5O3. The number of hydrogen-bond donors (Lipinski definition) is 1. The Hall–Kier alpha value is -3.17. The fraction of sp³-hybridized carbons (Fsp3) is 0.333. The molecule has 3 aromatic rings. The lowest BCUT2D eigenvalue weighted by molar-refractivity contribution is -0.0855. The zero-order valence-corrected chi connectivity index (χ0v) is 16.8. The lowest BCUT2D eigenvalue weighted by Crippen LogP contribution is -2.39. The van der Waals surface area contributed by atoms with Gasteiger partial charge in [0.1, 0.15) is 5.82 Å². The molecule has 8 nitrogen and oxygen atoms in total. The van der Waals surface area contributed by atoms with Gasteiger partial charge in [-0.1, -0.05) is 0 Å². The highest BCUT2D eigenvalue weighted by Gasteiger charge is 2.20. The molecule has 9 heteroatoms.